The molecule has 1 amide bonds. The van der Waals surface area contributed by atoms with E-state index in [2.05, 4.69) is 10.3 Å². The summed E-state index contributed by atoms with van der Waals surface area (Å²) in [7, 11) is 1.42. The molecule has 10 nitrogen and oxygen atoms in total. The maximum absolute atomic E-state index is 13.2. The van der Waals surface area contributed by atoms with Gasteiger partial charge in [0.25, 0.3) is 5.56 Å². The zero-order valence-electron chi connectivity index (χ0n) is 24.4. The molecule has 3 rings (SSSR count). The van der Waals surface area contributed by atoms with Gasteiger partial charge in [-0.2, -0.15) is 13.2 Å². The van der Waals surface area contributed by atoms with Gasteiger partial charge < -0.3 is 24.3 Å². The molecule has 0 spiro atoms. The van der Waals surface area contributed by atoms with Gasteiger partial charge in [0.05, 0.1) is 18.4 Å². The van der Waals surface area contributed by atoms with Crippen LogP contribution in [0.4, 0.5) is 18.0 Å². The zero-order chi connectivity index (χ0) is 32.0. The summed E-state index contributed by atoms with van der Waals surface area (Å²) in [5.74, 6) is -0.0978. The van der Waals surface area contributed by atoms with Crippen LogP contribution in [0.25, 0.3) is 5.69 Å². The van der Waals surface area contributed by atoms with E-state index in [9.17, 15) is 27.6 Å². The van der Waals surface area contributed by atoms with Crippen molar-refractivity contribution >= 4 is 23.8 Å². The lowest BCUT2D eigenvalue weighted by Crippen LogP contribution is -2.40. The third-order valence-corrected chi connectivity index (χ3v) is 6.35. The fraction of sp³-hybridized carbons (Fsp3) is 0.379. The van der Waals surface area contributed by atoms with Crippen LogP contribution in [0.15, 0.2) is 69.6 Å². The molecule has 3 aromatic rings. The quantitative estimate of drug-likeness (QED) is 0.287. The maximum Gasteiger partial charge on any atom is 0.416 e. The van der Waals surface area contributed by atoms with E-state index in [-0.39, 0.29) is 17.4 Å². The van der Waals surface area contributed by atoms with E-state index >= 15 is 0 Å². The second kappa shape index (κ2) is 13.4. The van der Waals surface area contributed by atoms with E-state index in [1.54, 1.807) is 52.8 Å². The average molecular weight is 624 g/mol. The fourth-order valence-corrected chi connectivity index (χ4v) is 4.29. The Bertz CT molecular complexity index is 1500. The van der Waals surface area contributed by atoms with Crippen molar-refractivity contribution in [1.82, 2.24) is 14.9 Å². The van der Waals surface area contributed by atoms with E-state index < -0.39 is 47.1 Å². The zero-order valence-corrected chi connectivity index (χ0v) is 25.2. The molecule has 43 heavy (non-hydrogen) atoms. The first-order valence-electron chi connectivity index (χ1n) is 12.9. The van der Waals surface area contributed by atoms with Gasteiger partial charge in [0.1, 0.15) is 24.4 Å². The summed E-state index contributed by atoms with van der Waals surface area (Å²) in [6.45, 7) is 7.90. The first-order valence-corrected chi connectivity index (χ1v) is 13.7. The topological polar surface area (TPSA) is 118 Å². The minimum atomic E-state index is -4.46. The van der Waals surface area contributed by atoms with Crippen molar-refractivity contribution in [2.45, 2.75) is 61.9 Å². The summed E-state index contributed by atoms with van der Waals surface area (Å²) in [4.78, 5) is 41.7. The second-order valence-corrected chi connectivity index (χ2v) is 11.8. The third-order valence-electron chi connectivity index (χ3n) is 5.37. The van der Waals surface area contributed by atoms with Crippen molar-refractivity contribution in [2.75, 3.05) is 20.3 Å². The van der Waals surface area contributed by atoms with Crippen LogP contribution in [0, 0.1) is 0 Å². The largest absolute Gasteiger partial charge is 0.493 e. The summed E-state index contributed by atoms with van der Waals surface area (Å²) in [5.41, 5.74) is -2.65. The molecule has 0 aliphatic carbocycles. The third kappa shape index (κ3) is 9.94. The van der Waals surface area contributed by atoms with Crippen molar-refractivity contribution in [2.24, 2.45) is 0 Å². The van der Waals surface area contributed by atoms with E-state index in [1.165, 1.54) is 36.2 Å². The molecule has 0 saturated carbocycles. The van der Waals surface area contributed by atoms with E-state index in [4.69, 9.17) is 18.9 Å². The number of methoxy groups -OCH3 is 1. The fourth-order valence-electron chi connectivity index (χ4n) is 3.50. The van der Waals surface area contributed by atoms with E-state index in [0.717, 1.165) is 23.9 Å². The monoisotopic (exact) mass is 623 g/mol. The Balaban J connectivity index is 1.67. The highest BCUT2D eigenvalue weighted by Gasteiger charge is 2.30. The summed E-state index contributed by atoms with van der Waals surface area (Å²) in [5, 5.41) is 2.39. The molecule has 0 fully saturated rings. The Morgan fingerprint density at radius 3 is 2.26 bits per heavy atom. The Hall–Kier alpha value is -4.20. The molecular weight excluding hydrogens is 591 g/mol. The highest BCUT2D eigenvalue weighted by Crippen LogP contribution is 2.33. The van der Waals surface area contributed by atoms with Crippen molar-refractivity contribution in [1.29, 1.82) is 0 Å². The maximum atomic E-state index is 13.2. The molecule has 1 heterocycles. The highest BCUT2D eigenvalue weighted by atomic mass is 32.2. The van der Waals surface area contributed by atoms with Gasteiger partial charge in [-0.1, -0.05) is 11.8 Å². The molecule has 232 valence electrons. The Kier molecular flexibility index (Phi) is 10.4. The smallest absolute Gasteiger partial charge is 0.416 e. The summed E-state index contributed by atoms with van der Waals surface area (Å²) in [6, 6.07) is 9.18. The number of ether oxygens (including phenoxy) is 4. The lowest BCUT2D eigenvalue weighted by atomic mass is 10.1. The first-order chi connectivity index (χ1) is 20.0. The number of halogens is 3. The van der Waals surface area contributed by atoms with Gasteiger partial charge in [0.15, 0.2) is 16.5 Å². The SMILES string of the molecule is COc1cc(-n2ccnc(Sc3ccc(C(F)(F)F)cc3)c2=O)ccc1OCC(C)(C)OC(=O)CNC(=O)OC(C)(C)C. The predicted molar refractivity (Wildman–Crippen MR) is 152 cm³/mol. The van der Waals surface area contributed by atoms with Gasteiger partial charge in [-0.15, -0.1) is 0 Å². The number of carbonyl (C=O) groups excluding carboxylic acids is 2. The van der Waals surface area contributed by atoms with Crippen molar-refractivity contribution in [3.63, 3.8) is 0 Å². The Morgan fingerprint density at radius 1 is 0.977 bits per heavy atom. The lowest BCUT2D eigenvalue weighted by Gasteiger charge is -2.26. The molecule has 2 aromatic carbocycles. The van der Waals surface area contributed by atoms with Gasteiger partial charge in [-0.05, 0) is 71.0 Å². The van der Waals surface area contributed by atoms with Gasteiger partial charge in [0.2, 0.25) is 0 Å². The molecule has 0 aliphatic rings. The molecule has 14 heteroatoms. The summed E-state index contributed by atoms with van der Waals surface area (Å²) < 4.78 is 61.7. The predicted octanol–water partition coefficient (Wildman–Crippen LogP) is 5.64. The average Bonchev–Trinajstić information content (AvgIpc) is 2.90. The molecule has 1 N–H and O–H groups in total. The number of carbonyl (C=O) groups is 2. The molecule has 1 aromatic heterocycles. The molecule has 0 saturated heterocycles. The number of nitrogens with zero attached hydrogens (tertiary/aromatic N) is 2. The standard InChI is InChI=1S/C29H32F3N3O7S/c1-27(2,3)42-26(38)34-16-23(36)41-28(4,5)17-40-21-12-9-19(15-22(21)39-6)35-14-13-33-24(25(35)37)43-20-10-7-18(8-11-20)29(30,31)32/h7-15H,16-17H2,1-6H3,(H,34,38). The van der Waals surface area contributed by atoms with Crippen LogP contribution in [0.2, 0.25) is 0 Å². The summed E-state index contributed by atoms with van der Waals surface area (Å²) >= 11 is 0.939. The van der Waals surface area contributed by atoms with Crippen LogP contribution in [-0.4, -0.2) is 53.1 Å². The van der Waals surface area contributed by atoms with Crippen LogP contribution >= 0.6 is 11.8 Å². The van der Waals surface area contributed by atoms with Gasteiger partial charge in [-0.3, -0.25) is 14.2 Å². The highest BCUT2D eigenvalue weighted by molar-refractivity contribution is 7.99. The number of alkyl carbamates (subject to hydrolysis) is 1. The Labute approximate surface area is 250 Å². The number of hydrogen-bond donors (Lipinski definition) is 1. The van der Waals surface area contributed by atoms with Crippen molar-refractivity contribution < 1.29 is 41.7 Å². The number of benzene rings is 2. The number of alkyl halides is 3. The molecule has 0 bridgehead atoms. The van der Waals surface area contributed by atoms with Crippen LogP contribution < -0.4 is 20.3 Å². The van der Waals surface area contributed by atoms with E-state index in [0.29, 0.717) is 16.3 Å². The van der Waals surface area contributed by atoms with E-state index in [1.807, 2.05) is 0 Å². The second-order valence-electron chi connectivity index (χ2n) is 10.7. The Morgan fingerprint density at radius 2 is 1.65 bits per heavy atom. The molecule has 0 unspecified atom stereocenters. The van der Waals surface area contributed by atoms with Crippen LogP contribution in [0.1, 0.15) is 40.2 Å². The van der Waals surface area contributed by atoms with Gasteiger partial charge in [0, 0.05) is 23.4 Å². The molecule has 0 radical (unpaired) electrons. The van der Waals surface area contributed by atoms with Crippen LogP contribution in [0.5, 0.6) is 11.5 Å². The summed E-state index contributed by atoms with van der Waals surface area (Å²) in [6.07, 6.45) is -2.36. The number of hydrogen-bond acceptors (Lipinski definition) is 9. The first kappa shape index (κ1) is 33.3. The molecule has 0 atom stereocenters. The number of esters is 1. The minimum Gasteiger partial charge on any atom is -0.493 e. The normalized spacial score (nSPS) is 11.9. The minimum absolute atomic E-state index is 0.0614. The lowest BCUT2D eigenvalue weighted by molar-refractivity contribution is -0.158. The van der Waals surface area contributed by atoms with Crippen molar-refractivity contribution in [3.05, 3.63) is 70.8 Å². The van der Waals surface area contributed by atoms with Gasteiger partial charge in [-0.25, -0.2) is 9.78 Å². The number of amides is 1. The number of nitrogens with one attached hydrogen (secondary N) is 1. The van der Waals surface area contributed by atoms with Crippen molar-refractivity contribution in [3.8, 4) is 17.2 Å². The number of aromatic nitrogens is 2. The molecular formula is C29H32F3N3O7S. The van der Waals surface area contributed by atoms with Crippen LogP contribution in [-0.2, 0) is 20.4 Å². The number of rotatable bonds is 10. The van der Waals surface area contributed by atoms with Gasteiger partial charge >= 0.3 is 18.2 Å². The van der Waals surface area contributed by atoms with Crippen LogP contribution in [0.3, 0.4) is 0 Å². The molecule has 0 aliphatic heterocycles.